The van der Waals surface area contributed by atoms with Crippen LogP contribution in [0.1, 0.15) is 37.8 Å². The number of para-hydroxylation sites is 1. The fourth-order valence-electron chi connectivity index (χ4n) is 3.45. The van der Waals surface area contributed by atoms with Crippen molar-refractivity contribution in [3.63, 3.8) is 0 Å². The lowest BCUT2D eigenvalue weighted by Crippen LogP contribution is -2.35. The fraction of sp³-hybridized carbons (Fsp3) is 0.529. The van der Waals surface area contributed by atoms with Gasteiger partial charge in [-0.1, -0.05) is 37.5 Å². The Balaban J connectivity index is 1.82. The van der Waals surface area contributed by atoms with Crippen molar-refractivity contribution < 1.29 is 4.79 Å². The van der Waals surface area contributed by atoms with Crippen molar-refractivity contribution in [1.82, 2.24) is 9.78 Å². The summed E-state index contributed by atoms with van der Waals surface area (Å²) in [6, 6.07) is 8.09. The van der Waals surface area contributed by atoms with Crippen molar-refractivity contribution >= 4 is 16.7 Å². The van der Waals surface area contributed by atoms with Crippen LogP contribution in [0.15, 0.2) is 24.3 Å². The zero-order valence-corrected chi connectivity index (χ0v) is 12.6. The second-order valence-corrected chi connectivity index (χ2v) is 6.14. The molecule has 1 aromatic heterocycles. The number of aryl methyl sites for hydroxylation is 1. The molecule has 0 amide bonds. The average Bonchev–Trinajstić information content (AvgIpc) is 2.65. The molecule has 2 atom stereocenters. The molecule has 2 N–H and O–H groups in total. The van der Waals surface area contributed by atoms with Gasteiger partial charge in [0.1, 0.15) is 5.78 Å². The largest absolute Gasteiger partial charge is 0.327 e. The van der Waals surface area contributed by atoms with Crippen molar-refractivity contribution in [2.24, 2.45) is 18.7 Å². The van der Waals surface area contributed by atoms with Gasteiger partial charge in [0.25, 0.3) is 0 Å². The fourth-order valence-corrected chi connectivity index (χ4v) is 3.45. The van der Waals surface area contributed by atoms with Crippen LogP contribution in [-0.4, -0.2) is 21.6 Å². The summed E-state index contributed by atoms with van der Waals surface area (Å²) in [5.74, 6) is 0.265. The maximum Gasteiger partial charge on any atom is 0.143 e. The second-order valence-electron chi connectivity index (χ2n) is 6.14. The van der Waals surface area contributed by atoms with E-state index < -0.39 is 0 Å². The summed E-state index contributed by atoms with van der Waals surface area (Å²) in [7, 11) is 1.92. The van der Waals surface area contributed by atoms with E-state index in [9.17, 15) is 4.79 Å². The van der Waals surface area contributed by atoms with Gasteiger partial charge >= 0.3 is 0 Å². The Morgan fingerprint density at radius 2 is 2.05 bits per heavy atom. The number of fused-ring (bicyclic) bond motifs is 1. The molecule has 4 nitrogen and oxygen atoms in total. The predicted octanol–water partition coefficient (Wildman–Crippen LogP) is 2.59. The third-order valence-electron chi connectivity index (χ3n) is 4.66. The van der Waals surface area contributed by atoms with Gasteiger partial charge in [0.2, 0.25) is 0 Å². The summed E-state index contributed by atoms with van der Waals surface area (Å²) >= 11 is 0. The number of nitrogens with two attached hydrogens (primary N) is 1. The van der Waals surface area contributed by atoms with Gasteiger partial charge in [0, 0.05) is 24.4 Å². The number of aromatic nitrogens is 2. The first-order valence-electron chi connectivity index (χ1n) is 7.85. The minimum absolute atomic E-state index is 0.00766. The lowest BCUT2D eigenvalue weighted by Gasteiger charge is -2.19. The molecule has 1 aliphatic rings. The lowest BCUT2D eigenvalue weighted by atomic mass is 9.88. The first kappa shape index (κ1) is 14.3. The van der Waals surface area contributed by atoms with Crippen LogP contribution in [0.5, 0.6) is 0 Å². The molecule has 0 spiro atoms. The molecule has 2 unspecified atom stereocenters. The third kappa shape index (κ3) is 2.86. The SMILES string of the molecule is Cn1nc(CC(=O)C2CCCCCC2N)c2ccccc21. The quantitative estimate of drug-likeness (QED) is 0.882. The Bertz CT molecular complexity index is 647. The number of carbonyl (C=O) groups is 1. The maximum atomic E-state index is 12.7. The van der Waals surface area contributed by atoms with Gasteiger partial charge in [-0.25, -0.2) is 0 Å². The number of rotatable bonds is 3. The zero-order chi connectivity index (χ0) is 14.8. The van der Waals surface area contributed by atoms with Crippen molar-refractivity contribution in [1.29, 1.82) is 0 Å². The summed E-state index contributed by atoms with van der Waals surface area (Å²) in [6.45, 7) is 0. The Morgan fingerprint density at radius 3 is 2.90 bits per heavy atom. The summed E-state index contributed by atoms with van der Waals surface area (Å²) in [5, 5.41) is 5.61. The topological polar surface area (TPSA) is 60.9 Å². The van der Waals surface area contributed by atoms with Crippen LogP contribution in [0.25, 0.3) is 10.9 Å². The zero-order valence-electron chi connectivity index (χ0n) is 12.6. The van der Waals surface area contributed by atoms with Crippen molar-refractivity contribution in [3.05, 3.63) is 30.0 Å². The molecule has 1 aliphatic carbocycles. The summed E-state index contributed by atoms with van der Waals surface area (Å²) in [5.41, 5.74) is 8.16. The van der Waals surface area contributed by atoms with Crippen LogP contribution < -0.4 is 5.73 Å². The minimum atomic E-state index is 0.00766. The number of Topliss-reactive ketones (excluding diaryl/α,β-unsaturated/α-hetero) is 1. The van der Waals surface area contributed by atoms with Gasteiger partial charge in [0.05, 0.1) is 17.6 Å². The van der Waals surface area contributed by atoms with Crippen LogP contribution in [-0.2, 0) is 18.3 Å². The molecule has 112 valence electrons. The van der Waals surface area contributed by atoms with Crippen LogP contribution in [0.4, 0.5) is 0 Å². The minimum Gasteiger partial charge on any atom is -0.327 e. The summed E-state index contributed by atoms with van der Waals surface area (Å²) in [4.78, 5) is 12.7. The van der Waals surface area contributed by atoms with E-state index in [1.165, 1.54) is 6.42 Å². The van der Waals surface area contributed by atoms with Gasteiger partial charge < -0.3 is 5.73 Å². The van der Waals surface area contributed by atoms with Gasteiger partial charge in [-0.3, -0.25) is 9.48 Å². The van der Waals surface area contributed by atoms with E-state index >= 15 is 0 Å². The van der Waals surface area contributed by atoms with Crippen LogP contribution in [0.2, 0.25) is 0 Å². The molecule has 2 aromatic rings. The molecule has 3 rings (SSSR count). The number of benzene rings is 1. The van der Waals surface area contributed by atoms with Crippen LogP contribution >= 0.6 is 0 Å². The van der Waals surface area contributed by atoms with Gasteiger partial charge in [-0.2, -0.15) is 5.10 Å². The highest BCUT2D eigenvalue weighted by atomic mass is 16.1. The van der Waals surface area contributed by atoms with E-state index in [1.54, 1.807) is 0 Å². The number of ketones is 1. The summed E-state index contributed by atoms with van der Waals surface area (Å²) in [6.07, 6.45) is 5.78. The highest BCUT2D eigenvalue weighted by Gasteiger charge is 2.27. The van der Waals surface area contributed by atoms with E-state index in [4.69, 9.17) is 5.73 Å². The molecule has 1 fully saturated rings. The Labute approximate surface area is 125 Å². The highest BCUT2D eigenvalue weighted by Crippen LogP contribution is 2.25. The number of nitrogens with zero attached hydrogens (tertiary/aromatic N) is 2. The van der Waals surface area contributed by atoms with Crippen molar-refractivity contribution in [2.75, 3.05) is 0 Å². The highest BCUT2D eigenvalue weighted by molar-refractivity contribution is 5.89. The molecule has 0 saturated heterocycles. The monoisotopic (exact) mass is 285 g/mol. The molecule has 4 heteroatoms. The molecule has 0 aliphatic heterocycles. The van der Waals surface area contributed by atoms with E-state index in [1.807, 2.05) is 36.0 Å². The third-order valence-corrected chi connectivity index (χ3v) is 4.66. The number of carbonyl (C=O) groups excluding carboxylic acids is 1. The van der Waals surface area contributed by atoms with E-state index in [2.05, 4.69) is 5.10 Å². The van der Waals surface area contributed by atoms with Crippen molar-refractivity contribution in [2.45, 2.75) is 44.6 Å². The molecule has 21 heavy (non-hydrogen) atoms. The molecule has 1 saturated carbocycles. The van der Waals surface area contributed by atoms with E-state index in [-0.39, 0.29) is 17.7 Å². The average molecular weight is 285 g/mol. The van der Waals surface area contributed by atoms with Gasteiger partial charge in [-0.05, 0) is 18.9 Å². The number of hydrogen-bond acceptors (Lipinski definition) is 3. The maximum absolute atomic E-state index is 12.7. The summed E-state index contributed by atoms with van der Waals surface area (Å²) < 4.78 is 1.85. The number of hydrogen-bond donors (Lipinski definition) is 1. The van der Waals surface area contributed by atoms with E-state index in [0.717, 1.165) is 42.3 Å². The standard InChI is InChI=1S/C17H23N3O/c1-20-16-10-6-5-8-13(16)15(19-20)11-17(21)12-7-3-2-4-9-14(12)18/h5-6,8,10,12,14H,2-4,7,9,11,18H2,1H3. The molecule has 0 bridgehead atoms. The van der Waals surface area contributed by atoms with Gasteiger partial charge in [0.15, 0.2) is 0 Å². The molecule has 1 heterocycles. The first-order valence-corrected chi connectivity index (χ1v) is 7.85. The van der Waals surface area contributed by atoms with E-state index in [0.29, 0.717) is 6.42 Å². The lowest BCUT2D eigenvalue weighted by molar-refractivity contribution is -0.123. The molecule has 1 aromatic carbocycles. The van der Waals surface area contributed by atoms with Crippen molar-refractivity contribution in [3.8, 4) is 0 Å². The molecule has 0 radical (unpaired) electrons. The Kier molecular flexibility index (Phi) is 4.06. The Hall–Kier alpha value is -1.68. The second kappa shape index (κ2) is 5.98. The predicted molar refractivity (Wildman–Crippen MR) is 84.0 cm³/mol. The van der Waals surface area contributed by atoms with Crippen LogP contribution in [0.3, 0.4) is 0 Å². The van der Waals surface area contributed by atoms with Gasteiger partial charge in [-0.15, -0.1) is 0 Å². The first-order chi connectivity index (χ1) is 10.2. The smallest absolute Gasteiger partial charge is 0.143 e. The normalized spacial score (nSPS) is 23.1. The molecular formula is C17H23N3O. The van der Waals surface area contributed by atoms with Crippen LogP contribution in [0, 0.1) is 5.92 Å². The molecular weight excluding hydrogens is 262 g/mol. The Morgan fingerprint density at radius 1 is 1.29 bits per heavy atom.